The van der Waals surface area contributed by atoms with Crippen molar-refractivity contribution in [3.05, 3.63) is 18.5 Å². The molecule has 0 fully saturated rings. The van der Waals surface area contributed by atoms with Gasteiger partial charge in [0.05, 0.1) is 0 Å². The molecule has 72 valence electrons. The first-order valence-corrected chi connectivity index (χ1v) is 5.36. The van der Waals surface area contributed by atoms with E-state index >= 15 is 0 Å². The minimum Gasteiger partial charge on any atom is -0.319 e. The second-order valence-corrected chi connectivity index (χ2v) is 3.99. The highest BCUT2D eigenvalue weighted by molar-refractivity contribution is 7.99. The molecule has 1 rings (SSSR count). The van der Waals surface area contributed by atoms with Gasteiger partial charge < -0.3 is 5.32 Å². The number of aromatic nitrogens is 2. The minimum atomic E-state index is 0.652. The van der Waals surface area contributed by atoms with Crippen molar-refractivity contribution in [2.24, 2.45) is 5.92 Å². The monoisotopic (exact) mass is 197 g/mol. The Hall–Kier alpha value is -0.610. The molecule has 0 spiro atoms. The first-order valence-electron chi connectivity index (χ1n) is 4.37. The van der Waals surface area contributed by atoms with Crippen molar-refractivity contribution in [3.8, 4) is 0 Å². The zero-order valence-electron chi connectivity index (χ0n) is 8.03. The highest BCUT2D eigenvalue weighted by Crippen LogP contribution is 2.14. The maximum Gasteiger partial charge on any atom is 0.187 e. The average molecular weight is 197 g/mol. The van der Waals surface area contributed by atoms with Crippen LogP contribution in [0.3, 0.4) is 0 Å². The Kier molecular flexibility index (Phi) is 4.78. The second-order valence-electron chi connectivity index (χ2n) is 3.01. The van der Waals surface area contributed by atoms with E-state index in [1.54, 1.807) is 24.2 Å². The lowest BCUT2D eigenvalue weighted by Gasteiger charge is -2.08. The van der Waals surface area contributed by atoms with Gasteiger partial charge in [0, 0.05) is 18.1 Å². The zero-order valence-corrected chi connectivity index (χ0v) is 8.84. The number of nitrogens with one attached hydrogen (secondary N) is 1. The number of rotatable bonds is 5. The van der Waals surface area contributed by atoms with Gasteiger partial charge in [0.25, 0.3) is 0 Å². The molecule has 0 saturated heterocycles. The number of nitrogens with zero attached hydrogens (tertiary/aromatic N) is 2. The van der Waals surface area contributed by atoms with Gasteiger partial charge >= 0.3 is 0 Å². The lowest BCUT2D eigenvalue weighted by molar-refractivity contribution is 0.603. The van der Waals surface area contributed by atoms with Crippen molar-refractivity contribution in [1.82, 2.24) is 15.3 Å². The molecule has 0 aromatic carbocycles. The predicted octanol–water partition coefficient (Wildman–Crippen LogP) is 1.42. The third-order valence-electron chi connectivity index (χ3n) is 1.59. The summed E-state index contributed by atoms with van der Waals surface area (Å²) in [6.07, 6.45) is 3.55. The quantitative estimate of drug-likeness (QED) is 0.572. The molecule has 0 amide bonds. The standard InChI is InChI=1S/C9H15N3S/c1-8(6-10-2)7-13-9-11-4-3-5-12-9/h3-5,8,10H,6-7H2,1-2H3. The molecular weight excluding hydrogens is 182 g/mol. The van der Waals surface area contributed by atoms with Gasteiger partial charge in [-0.1, -0.05) is 18.7 Å². The van der Waals surface area contributed by atoms with E-state index in [4.69, 9.17) is 0 Å². The van der Waals surface area contributed by atoms with Gasteiger partial charge in [-0.3, -0.25) is 0 Å². The van der Waals surface area contributed by atoms with Crippen molar-refractivity contribution in [2.45, 2.75) is 12.1 Å². The molecule has 0 aliphatic heterocycles. The van der Waals surface area contributed by atoms with E-state index in [0.717, 1.165) is 17.5 Å². The molecule has 1 aromatic rings. The Balaban J connectivity index is 2.27. The van der Waals surface area contributed by atoms with Crippen molar-refractivity contribution < 1.29 is 0 Å². The number of thioether (sulfide) groups is 1. The van der Waals surface area contributed by atoms with E-state index in [1.165, 1.54) is 0 Å². The molecular formula is C9H15N3S. The summed E-state index contributed by atoms with van der Waals surface area (Å²) < 4.78 is 0. The van der Waals surface area contributed by atoms with Crippen molar-refractivity contribution >= 4 is 11.8 Å². The summed E-state index contributed by atoms with van der Waals surface area (Å²) in [6, 6.07) is 1.83. The van der Waals surface area contributed by atoms with Crippen LogP contribution in [0.2, 0.25) is 0 Å². The summed E-state index contributed by atoms with van der Waals surface area (Å²) in [5.74, 6) is 1.71. The molecule has 0 saturated carbocycles. The molecule has 3 nitrogen and oxygen atoms in total. The third-order valence-corrected chi connectivity index (χ3v) is 2.80. The topological polar surface area (TPSA) is 37.8 Å². The van der Waals surface area contributed by atoms with Crippen LogP contribution in [-0.4, -0.2) is 29.3 Å². The van der Waals surface area contributed by atoms with E-state index in [0.29, 0.717) is 5.92 Å². The largest absolute Gasteiger partial charge is 0.319 e. The molecule has 4 heteroatoms. The van der Waals surface area contributed by atoms with Crippen LogP contribution < -0.4 is 5.32 Å². The van der Waals surface area contributed by atoms with Crippen LogP contribution in [0, 0.1) is 5.92 Å². The smallest absolute Gasteiger partial charge is 0.187 e. The Labute approximate surface area is 83.4 Å². The molecule has 13 heavy (non-hydrogen) atoms. The van der Waals surface area contributed by atoms with Crippen LogP contribution in [0.4, 0.5) is 0 Å². The second kappa shape index (κ2) is 5.94. The molecule has 0 aliphatic carbocycles. The molecule has 0 aliphatic rings. The van der Waals surface area contributed by atoms with Crippen molar-refractivity contribution in [2.75, 3.05) is 19.3 Å². The SMILES string of the molecule is CNCC(C)CSc1ncccn1. The maximum atomic E-state index is 4.14. The molecule has 0 radical (unpaired) electrons. The van der Waals surface area contributed by atoms with Crippen LogP contribution in [0.15, 0.2) is 23.6 Å². The minimum absolute atomic E-state index is 0.652. The summed E-state index contributed by atoms with van der Waals surface area (Å²) in [6.45, 7) is 3.26. The fourth-order valence-corrected chi connectivity index (χ4v) is 1.81. The van der Waals surface area contributed by atoms with Crippen LogP contribution >= 0.6 is 11.8 Å². The Morgan fingerprint density at radius 2 is 2.15 bits per heavy atom. The lowest BCUT2D eigenvalue weighted by atomic mass is 10.2. The first-order chi connectivity index (χ1) is 6.33. The first kappa shape index (κ1) is 10.5. The molecule has 1 aromatic heterocycles. The van der Waals surface area contributed by atoms with Crippen LogP contribution in [0.1, 0.15) is 6.92 Å². The van der Waals surface area contributed by atoms with Crippen LogP contribution in [-0.2, 0) is 0 Å². The molecule has 1 heterocycles. The van der Waals surface area contributed by atoms with Crippen molar-refractivity contribution in [1.29, 1.82) is 0 Å². The predicted molar refractivity (Wildman–Crippen MR) is 55.8 cm³/mol. The Morgan fingerprint density at radius 3 is 2.77 bits per heavy atom. The van der Waals surface area contributed by atoms with Crippen LogP contribution in [0.5, 0.6) is 0 Å². The van der Waals surface area contributed by atoms with Gasteiger partial charge in [-0.15, -0.1) is 0 Å². The molecule has 1 N–H and O–H groups in total. The lowest BCUT2D eigenvalue weighted by Crippen LogP contribution is -2.17. The number of hydrogen-bond donors (Lipinski definition) is 1. The number of hydrogen-bond acceptors (Lipinski definition) is 4. The summed E-state index contributed by atoms with van der Waals surface area (Å²) >= 11 is 1.71. The summed E-state index contributed by atoms with van der Waals surface area (Å²) in [5, 5.41) is 4.02. The van der Waals surface area contributed by atoms with E-state index < -0.39 is 0 Å². The fourth-order valence-electron chi connectivity index (χ4n) is 0.984. The molecule has 0 bridgehead atoms. The van der Waals surface area contributed by atoms with Gasteiger partial charge in [-0.05, 0) is 25.6 Å². The average Bonchev–Trinajstić information content (AvgIpc) is 2.17. The van der Waals surface area contributed by atoms with Gasteiger partial charge in [0.2, 0.25) is 0 Å². The fraction of sp³-hybridized carbons (Fsp3) is 0.556. The Bertz CT molecular complexity index is 228. The summed E-state index contributed by atoms with van der Waals surface area (Å²) in [4.78, 5) is 8.28. The van der Waals surface area contributed by atoms with E-state index in [2.05, 4.69) is 22.2 Å². The Morgan fingerprint density at radius 1 is 1.46 bits per heavy atom. The maximum absolute atomic E-state index is 4.14. The zero-order chi connectivity index (χ0) is 9.52. The third kappa shape index (κ3) is 4.24. The van der Waals surface area contributed by atoms with Crippen molar-refractivity contribution in [3.63, 3.8) is 0 Å². The van der Waals surface area contributed by atoms with E-state index in [1.807, 2.05) is 13.1 Å². The van der Waals surface area contributed by atoms with Crippen LogP contribution in [0.25, 0.3) is 0 Å². The van der Waals surface area contributed by atoms with Gasteiger partial charge in [0.15, 0.2) is 5.16 Å². The normalized spacial score (nSPS) is 12.8. The van der Waals surface area contributed by atoms with Gasteiger partial charge in [-0.2, -0.15) is 0 Å². The molecule has 1 atom stereocenters. The van der Waals surface area contributed by atoms with Gasteiger partial charge in [-0.25, -0.2) is 9.97 Å². The summed E-state index contributed by atoms with van der Waals surface area (Å²) in [5.41, 5.74) is 0. The highest BCUT2D eigenvalue weighted by Gasteiger charge is 2.02. The van der Waals surface area contributed by atoms with Gasteiger partial charge in [0.1, 0.15) is 0 Å². The van der Waals surface area contributed by atoms with E-state index in [-0.39, 0.29) is 0 Å². The molecule has 1 unspecified atom stereocenters. The highest BCUT2D eigenvalue weighted by atomic mass is 32.2. The summed E-state index contributed by atoms with van der Waals surface area (Å²) in [7, 11) is 1.97. The van der Waals surface area contributed by atoms with E-state index in [9.17, 15) is 0 Å².